The maximum Gasteiger partial charge on any atom is 0.123 e. The minimum absolute atomic E-state index is 0.0522. The molecule has 3 nitrogen and oxygen atoms in total. The summed E-state index contributed by atoms with van der Waals surface area (Å²) < 4.78 is 6.47. The molecule has 1 unspecified atom stereocenters. The Morgan fingerprint density at radius 2 is 2.26 bits per heavy atom. The highest BCUT2D eigenvalue weighted by Crippen LogP contribution is 2.33. The van der Waals surface area contributed by atoms with Crippen LogP contribution in [0.1, 0.15) is 16.5 Å². The van der Waals surface area contributed by atoms with Gasteiger partial charge in [-0.15, -0.1) is 11.3 Å². The predicted molar refractivity (Wildman–Crippen MR) is 83.8 cm³/mol. The molecular weight excluding hydrogens is 348 g/mol. The molecule has 1 heterocycles. The maximum atomic E-state index is 6.06. The first-order valence-electron chi connectivity index (χ1n) is 5.67. The van der Waals surface area contributed by atoms with E-state index in [1.807, 2.05) is 23.6 Å². The van der Waals surface area contributed by atoms with Crippen molar-refractivity contribution >= 4 is 38.9 Å². The van der Waals surface area contributed by atoms with Crippen LogP contribution < -0.4 is 16.0 Å². The number of methoxy groups -OCH3 is 1. The lowest BCUT2D eigenvalue weighted by Gasteiger charge is -2.19. The summed E-state index contributed by atoms with van der Waals surface area (Å²) in [6.45, 7) is 0. The summed E-state index contributed by atoms with van der Waals surface area (Å²) in [6, 6.07) is 7.52. The lowest BCUT2D eigenvalue weighted by molar-refractivity contribution is 0.399. The number of nitrogens with two attached hydrogens (primary N) is 1. The maximum absolute atomic E-state index is 6.06. The molecule has 0 amide bonds. The van der Waals surface area contributed by atoms with Crippen LogP contribution in [0.25, 0.3) is 0 Å². The minimum Gasteiger partial charge on any atom is -0.496 e. The number of hydrogen-bond acceptors (Lipinski definition) is 4. The van der Waals surface area contributed by atoms with E-state index in [2.05, 4.69) is 21.4 Å². The van der Waals surface area contributed by atoms with Crippen LogP contribution in [0, 0.1) is 0 Å². The van der Waals surface area contributed by atoms with Crippen LogP contribution in [0.4, 0.5) is 0 Å². The van der Waals surface area contributed by atoms with Crippen molar-refractivity contribution in [2.24, 2.45) is 5.84 Å². The highest BCUT2D eigenvalue weighted by atomic mass is 79.9. The van der Waals surface area contributed by atoms with Crippen LogP contribution in [0.15, 0.2) is 34.1 Å². The minimum atomic E-state index is -0.0522. The predicted octanol–water partition coefficient (Wildman–Crippen LogP) is 3.92. The van der Waals surface area contributed by atoms with Gasteiger partial charge in [0.25, 0.3) is 0 Å². The molecule has 6 heteroatoms. The van der Waals surface area contributed by atoms with Gasteiger partial charge in [0, 0.05) is 26.4 Å². The van der Waals surface area contributed by atoms with Gasteiger partial charge in [0.15, 0.2) is 0 Å². The van der Waals surface area contributed by atoms with Crippen molar-refractivity contribution in [1.29, 1.82) is 0 Å². The number of benzene rings is 1. The Morgan fingerprint density at radius 3 is 2.84 bits per heavy atom. The Hall–Kier alpha value is -0.590. The molecule has 0 aliphatic carbocycles. The Bertz CT molecular complexity index is 561. The average molecular weight is 362 g/mol. The smallest absolute Gasteiger partial charge is 0.123 e. The number of nitrogens with one attached hydrogen (secondary N) is 1. The molecule has 0 aliphatic rings. The normalized spacial score (nSPS) is 12.4. The van der Waals surface area contributed by atoms with Crippen molar-refractivity contribution < 1.29 is 4.74 Å². The van der Waals surface area contributed by atoms with Crippen LogP contribution in [-0.4, -0.2) is 7.11 Å². The van der Waals surface area contributed by atoms with E-state index in [1.54, 1.807) is 24.5 Å². The van der Waals surface area contributed by atoms with Crippen LogP contribution >= 0.6 is 38.9 Å². The number of ether oxygens (including phenoxy) is 1. The van der Waals surface area contributed by atoms with E-state index >= 15 is 0 Å². The van der Waals surface area contributed by atoms with Crippen molar-refractivity contribution in [1.82, 2.24) is 5.43 Å². The second kappa shape index (κ2) is 6.72. The molecule has 1 atom stereocenters. The van der Waals surface area contributed by atoms with E-state index in [4.69, 9.17) is 22.2 Å². The summed E-state index contributed by atoms with van der Waals surface area (Å²) in [4.78, 5) is 1.23. The zero-order valence-corrected chi connectivity index (χ0v) is 13.5. The molecule has 0 radical (unpaired) electrons. The number of thiophene rings is 1. The third kappa shape index (κ3) is 3.49. The van der Waals surface area contributed by atoms with Crippen molar-refractivity contribution in [2.75, 3.05) is 7.11 Å². The first-order chi connectivity index (χ1) is 9.15. The topological polar surface area (TPSA) is 47.3 Å². The molecule has 0 aliphatic heterocycles. The number of hydrogen-bond donors (Lipinski definition) is 2. The number of halogens is 2. The summed E-state index contributed by atoms with van der Waals surface area (Å²) in [5.41, 5.74) is 3.79. The van der Waals surface area contributed by atoms with E-state index in [0.717, 1.165) is 22.2 Å². The molecule has 1 aromatic heterocycles. The molecule has 1 aromatic carbocycles. The molecule has 0 spiro atoms. The summed E-state index contributed by atoms with van der Waals surface area (Å²) in [5.74, 6) is 6.46. The largest absolute Gasteiger partial charge is 0.496 e. The summed E-state index contributed by atoms with van der Waals surface area (Å²) in [6.07, 6.45) is 0.769. The molecule has 2 rings (SSSR count). The van der Waals surface area contributed by atoms with Gasteiger partial charge < -0.3 is 4.74 Å². The second-order valence-electron chi connectivity index (χ2n) is 4.00. The number of rotatable bonds is 5. The van der Waals surface area contributed by atoms with Gasteiger partial charge in [-0.25, -0.2) is 0 Å². The monoisotopic (exact) mass is 360 g/mol. The first-order valence-corrected chi connectivity index (χ1v) is 7.72. The van der Waals surface area contributed by atoms with Gasteiger partial charge in [-0.05, 0) is 45.6 Å². The van der Waals surface area contributed by atoms with Gasteiger partial charge in [-0.3, -0.25) is 11.3 Å². The molecule has 19 heavy (non-hydrogen) atoms. The van der Waals surface area contributed by atoms with Gasteiger partial charge in [0.2, 0.25) is 0 Å². The van der Waals surface area contributed by atoms with Crippen molar-refractivity contribution in [3.05, 3.63) is 49.6 Å². The standard InChI is InChI=1S/C13H14BrClN2OS/c1-18-12-3-2-8(15)6-9(12)11(17-16)7-13-10(14)4-5-19-13/h2-6,11,17H,7,16H2,1H3. The molecule has 3 N–H and O–H groups in total. The molecule has 0 fully saturated rings. The second-order valence-corrected chi connectivity index (χ2v) is 6.29. The van der Waals surface area contributed by atoms with E-state index in [-0.39, 0.29) is 6.04 Å². The van der Waals surface area contributed by atoms with Crippen LogP contribution in [0.5, 0.6) is 5.75 Å². The Labute approximate surface area is 129 Å². The van der Waals surface area contributed by atoms with Crippen LogP contribution in [0.3, 0.4) is 0 Å². The Morgan fingerprint density at radius 1 is 1.47 bits per heavy atom. The molecule has 0 saturated heterocycles. The van der Waals surface area contributed by atoms with E-state index in [0.29, 0.717) is 5.02 Å². The first kappa shape index (κ1) is 14.8. The molecule has 0 saturated carbocycles. The quantitative estimate of drug-likeness (QED) is 0.627. The highest BCUT2D eigenvalue weighted by molar-refractivity contribution is 9.10. The van der Waals surface area contributed by atoms with Crippen molar-refractivity contribution in [3.8, 4) is 5.75 Å². The van der Waals surface area contributed by atoms with Gasteiger partial charge >= 0.3 is 0 Å². The average Bonchev–Trinajstić information content (AvgIpc) is 2.81. The third-order valence-electron chi connectivity index (χ3n) is 2.85. The van der Waals surface area contributed by atoms with Gasteiger partial charge in [0.05, 0.1) is 13.2 Å². The fraction of sp³-hybridized carbons (Fsp3) is 0.231. The van der Waals surface area contributed by atoms with Crippen molar-refractivity contribution in [3.63, 3.8) is 0 Å². The molecule has 2 aromatic rings. The van der Waals surface area contributed by atoms with E-state index < -0.39 is 0 Å². The van der Waals surface area contributed by atoms with Gasteiger partial charge in [-0.2, -0.15) is 0 Å². The summed E-state index contributed by atoms with van der Waals surface area (Å²) in [5, 5.41) is 2.71. The fourth-order valence-corrected chi connectivity index (χ4v) is 3.63. The van der Waals surface area contributed by atoms with Crippen LogP contribution in [-0.2, 0) is 6.42 Å². The van der Waals surface area contributed by atoms with Gasteiger partial charge in [-0.1, -0.05) is 11.6 Å². The van der Waals surface area contributed by atoms with Crippen LogP contribution in [0.2, 0.25) is 5.02 Å². The van der Waals surface area contributed by atoms with Crippen molar-refractivity contribution in [2.45, 2.75) is 12.5 Å². The lowest BCUT2D eigenvalue weighted by Crippen LogP contribution is -2.29. The Kier molecular flexibility index (Phi) is 5.24. The fourth-order valence-electron chi connectivity index (χ4n) is 1.89. The summed E-state index contributed by atoms with van der Waals surface area (Å²) >= 11 is 11.3. The number of hydrazine groups is 1. The zero-order chi connectivity index (χ0) is 13.8. The molecular formula is C13H14BrClN2OS. The van der Waals surface area contributed by atoms with E-state index in [9.17, 15) is 0 Å². The van der Waals surface area contributed by atoms with Gasteiger partial charge in [0.1, 0.15) is 5.75 Å². The lowest BCUT2D eigenvalue weighted by atomic mass is 10.0. The van der Waals surface area contributed by atoms with E-state index in [1.165, 1.54) is 4.88 Å². The summed E-state index contributed by atoms with van der Waals surface area (Å²) in [7, 11) is 1.64. The Balaban J connectivity index is 2.31. The molecule has 102 valence electrons. The third-order valence-corrected chi connectivity index (χ3v) is 5.03. The SMILES string of the molecule is COc1ccc(Cl)cc1C(Cc1sccc1Br)NN. The molecule has 0 bridgehead atoms. The highest BCUT2D eigenvalue weighted by Gasteiger charge is 2.17. The zero-order valence-electron chi connectivity index (χ0n) is 10.3.